The summed E-state index contributed by atoms with van der Waals surface area (Å²) in [7, 11) is -1.48. The first-order valence-corrected chi connectivity index (χ1v) is 11.8. The van der Waals surface area contributed by atoms with Crippen LogP contribution in [-0.4, -0.2) is 19.2 Å². The van der Waals surface area contributed by atoms with Gasteiger partial charge in [-0.05, 0) is 18.9 Å². The molecule has 0 saturated carbocycles. The monoisotopic (exact) mass is 333 g/mol. The molecule has 1 N–H and O–H groups in total. The second-order valence-corrected chi connectivity index (χ2v) is 11.8. The van der Waals surface area contributed by atoms with Crippen molar-refractivity contribution in [1.29, 1.82) is 0 Å². The van der Waals surface area contributed by atoms with Gasteiger partial charge in [-0.3, -0.25) is 10.1 Å². The Hall–Kier alpha value is -1.02. The van der Waals surface area contributed by atoms with E-state index in [9.17, 15) is 4.79 Å². The van der Waals surface area contributed by atoms with Crippen molar-refractivity contribution >= 4 is 25.8 Å². The number of thiol groups is 1. The molecule has 0 fully saturated rings. The molecule has 2 nitrogen and oxygen atoms in total. The molecule has 0 aliphatic rings. The van der Waals surface area contributed by atoms with Gasteiger partial charge >= 0.3 is 0 Å². The summed E-state index contributed by atoms with van der Waals surface area (Å²) in [5, 5.41) is 3.42. The Morgan fingerprint density at radius 3 is 2.32 bits per heavy atom. The summed E-state index contributed by atoms with van der Waals surface area (Å²) in [5.74, 6) is 3.14. The van der Waals surface area contributed by atoms with Crippen molar-refractivity contribution in [2.45, 2.75) is 52.0 Å². The van der Waals surface area contributed by atoms with Crippen LogP contribution in [0.3, 0.4) is 0 Å². The van der Waals surface area contributed by atoms with Crippen LogP contribution in [-0.2, 0) is 4.79 Å². The van der Waals surface area contributed by atoms with Gasteiger partial charge in [-0.15, -0.1) is 18.2 Å². The van der Waals surface area contributed by atoms with Gasteiger partial charge < -0.3 is 0 Å². The first-order valence-electron chi connectivity index (χ1n) is 7.81. The molecule has 0 spiro atoms. The third-order valence-electron chi connectivity index (χ3n) is 3.49. The number of benzene rings is 1. The SMILES string of the molecule is CCC(C(=O)S)C(C#C[Si](C)(C)C)NC(C)c1ccccc1. The predicted octanol–water partition coefficient (Wildman–Crippen LogP) is 4.07. The van der Waals surface area contributed by atoms with E-state index < -0.39 is 8.07 Å². The van der Waals surface area contributed by atoms with Crippen LogP contribution in [0.5, 0.6) is 0 Å². The molecule has 4 heteroatoms. The van der Waals surface area contributed by atoms with Gasteiger partial charge in [0.15, 0.2) is 5.12 Å². The lowest BCUT2D eigenvalue weighted by Gasteiger charge is -2.25. The minimum Gasteiger partial charge on any atom is -0.296 e. The Labute approximate surface area is 141 Å². The minimum atomic E-state index is -1.48. The molecule has 1 rings (SSSR count). The Bertz CT molecular complexity index is 542. The van der Waals surface area contributed by atoms with Crippen LogP contribution in [0.1, 0.15) is 31.9 Å². The highest BCUT2D eigenvalue weighted by atomic mass is 32.1. The Morgan fingerprint density at radius 2 is 1.86 bits per heavy atom. The summed E-state index contributed by atoms with van der Waals surface area (Å²) < 4.78 is 0. The second-order valence-electron chi connectivity index (χ2n) is 6.65. The maximum absolute atomic E-state index is 11.8. The van der Waals surface area contributed by atoms with E-state index in [1.807, 2.05) is 25.1 Å². The molecular weight excluding hydrogens is 306 g/mol. The molecule has 22 heavy (non-hydrogen) atoms. The van der Waals surface area contributed by atoms with Crippen molar-refractivity contribution in [2.24, 2.45) is 5.92 Å². The molecular formula is C18H27NOSSi. The molecule has 1 aromatic carbocycles. The fraction of sp³-hybridized carbons (Fsp3) is 0.500. The summed E-state index contributed by atoms with van der Waals surface area (Å²) in [4.78, 5) is 11.8. The molecule has 0 bridgehead atoms. The van der Waals surface area contributed by atoms with Gasteiger partial charge in [0.1, 0.15) is 8.07 Å². The van der Waals surface area contributed by atoms with Crippen molar-refractivity contribution in [2.75, 3.05) is 0 Å². The molecule has 0 radical (unpaired) electrons. The molecule has 0 amide bonds. The molecule has 3 unspecified atom stereocenters. The highest BCUT2D eigenvalue weighted by Gasteiger charge is 2.25. The summed E-state index contributed by atoms with van der Waals surface area (Å²) in [6.07, 6.45) is 0.738. The molecule has 0 aliphatic heterocycles. The van der Waals surface area contributed by atoms with Gasteiger partial charge in [0.25, 0.3) is 0 Å². The van der Waals surface area contributed by atoms with Crippen LogP contribution >= 0.6 is 12.6 Å². The number of hydrogen-bond acceptors (Lipinski definition) is 2. The Morgan fingerprint density at radius 1 is 1.27 bits per heavy atom. The standard InChI is InChI=1S/C18H27NOSSi/c1-6-16(18(20)21)17(12-13-22(3,4)5)19-14(2)15-10-8-7-9-11-15/h7-11,14,16-17,19H,6H2,1-5H3,(H,20,21). The molecule has 3 atom stereocenters. The fourth-order valence-electron chi connectivity index (χ4n) is 2.21. The van der Waals surface area contributed by atoms with Crippen LogP contribution in [0.25, 0.3) is 0 Å². The number of rotatable bonds is 6. The maximum Gasteiger partial charge on any atom is 0.191 e. The van der Waals surface area contributed by atoms with E-state index in [-0.39, 0.29) is 23.1 Å². The highest BCUT2D eigenvalue weighted by Crippen LogP contribution is 2.18. The van der Waals surface area contributed by atoms with Gasteiger partial charge in [0.2, 0.25) is 0 Å². The highest BCUT2D eigenvalue weighted by molar-refractivity contribution is 7.96. The third-order valence-corrected chi connectivity index (χ3v) is 4.72. The van der Waals surface area contributed by atoms with Gasteiger partial charge in [0.05, 0.1) is 12.0 Å². The van der Waals surface area contributed by atoms with Crippen LogP contribution in [0.2, 0.25) is 19.6 Å². The fourth-order valence-corrected chi connectivity index (χ4v) is 3.13. The van der Waals surface area contributed by atoms with Crippen molar-refractivity contribution in [3.63, 3.8) is 0 Å². The minimum absolute atomic E-state index is 0.0925. The van der Waals surface area contributed by atoms with Crippen LogP contribution in [0, 0.1) is 17.4 Å². The van der Waals surface area contributed by atoms with Crippen LogP contribution in [0.4, 0.5) is 0 Å². The molecule has 0 aromatic heterocycles. The number of carbonyl (C=O) groups is 1. The molecule has 0 heterocycles. The normalized spacial score (nSPS) is 15.4. The largest absolute Gasteiger partial charge is 0.296 e. The lowest BCUT2D eigenvalue weighted by atomic mass is 9.97. The summed E-state index contributed by atoms with van der Waals surface area (Å²) in [5.41, 5.74) is 4.59. The molecule has 1 aromatic rings. The van der Waals surface area contributed by atoms with Crippen LogP contribution < -0.4 is 5.32 Å². The average Bonchev–Trinajstić information content (AvgIpc) is 2.45. The smallest absolute Gasteiger partial charge is 0.191 e. The summed E-state index contributed by atoms with van der Waals surface area (Å²) in [6, 6.07) is 10.2. The van der Waals surface area contributed by atoms with E-state index in [2.05, 4.69) is 68.1 Å². The number of hydrogen-bond donors (Lipinski definition) is 2. The van der Waals surface area contributed by atoms with Gasteiger partial charge in [-0.2, -0.15) is 0 Å². The van der Waals surface area contributed by atoms with E-state index in [1.165, 1.54) is 5.56 Å². The van der Waals surface area contributed by atoms with Crippen LogP contribution in [0.15, 0.2) is 30.3 Å². The number of nitrogens with one attached hydrogen (secondary N) is 1. The molecule has 0 aliphatic carbocycles. The van der Waals surface area contributed by atoms with Gasteiger partial charge in [-0.25, -0.2) is 0 Å². The predicted molar refractivity (Wildman–Crippen MR) is 101 cm³/mol. The van der Waals surface area contributed by atoms with Crippen molar-refractivity contribution in [3.05, 3.63) is 35.9 Å². The third kappa shape index (κ3) is 6.39. The first kappa shape index (κ1) is 19.0. The lowest BCUT2D eigenvalue weighted by molar-refractivity contribution is -0.114. The van der Waals surface area contributed by atoms with Crippen molar-refractivity contribution in [1.82, 2.24) is 5.32 Å². The number of carbonyl (C=O) groups excluding carboxylic acids is 1. The Balaban J connectivity index is 2.99. The quantitative estimate of drug-likeness (QED) is 0.467. The van der Waals surface area contributed by atoms with Gasteiger partial charge in [-0.1, -0.05) is 62.8 Å². The lowest BCUT2D eigenvalue weighted by Crippen LogP contribution is -2.39. The summed E-state index contributed by atoms with van der Waals surface area (Å²) >= 11 is 4.05. The zero-order valence-corrected chi connectivity index (χ0v) is 16.1. The van der Waals surface area contributed by atoms with E-state index in [0.717, 1.165) is 6.42 Å². The molecule has 0 saturated heterocycles. The maximum atomic E-state index is 11.8. The van der Waals surface area contributed by atoms with E-state index in [1.54, 1.807) is 0 Å². The van der Waals surface area contributed by atoms with Crippen molar-refractivity contribution in [3.8, 4) is 11.5 Å². The first-order chi connectivity index (χ1) is 10.2. The molecule has 120 valence electrons. The zero-order valence-electron chi connectivity index (χ0n) is 14.2. The van der Waals surface area contributed by atoms with E-state index >= 15 is 0 Å². The zero-order chi connectivity index (χ0) is 16.8. The van der Waals surface area contributed by atoms with Gasteiger partial charge in [0, 0.05) is 6.04 Å². The topological polar surface area (TPSA) is 29.1 Å². The van der Waals surface area contributed by atoms with Crippen molar-refractivity contribution < 1.29 is 4.79 Å². The van der Waals surface area contributed by atoms with E-state index in [4.69, 9.17) is 0 Å². The summed E-state index contributed by atoms with van der Waals surface area (Å²) in [6.45, 7) is 10.7. The van der Waals surface area contributed by atoms with E-state index in [0.29, 0.717) is 0 Å². The second kappa shape index (κ2) is 8.57. The average molecular weight is 334 g/mol. The Kier molecular flexibility index (Phi) is 7.41.